The molecule has 114 valence electrons. The highest BCUT2D eigenvalue weighted by atomic mass is 16.7. The molecule has 4 aliphatic rings. The zero-order chi connectivity index (χ0) is 14.8. The van der Waals surface area contributed by atoms with Crippen molar-refractivity contribution in [2.24, 2.45) is 0 Å². The molecule has 3 unspecified atom stereocenters. The molecule has 3 aliphatic heterocycles. The van der Waals surface area contributed by atoms with Crippen molar-refractivity contribution in [3.8, 4) is 0 Å². The summed E-state index contributed by atoms with van der Waals surface area (Å²) in [6.07, 6.45) is 7.78. The van der Waals surface area contributed by atoms with Gasteiger partial charge in [-0.05, 0) is 43.7 Å². The Morgan fingerprint density at radius 1 is 1.23 bits per heavy atom. The van der Waals surface area contributed by atoms with Gasteiger partial charge in [-0.3, -0.25) is 0 Å². The molecule has 1 aromatic heterocycles. The number of aromatic nitrogens is 1. The minimum absolute atomic E-state index is 0.0396. The lowest BCUT2D eigenvalue weighted by molar-refractivity contribution is 0.0502. The summed E-state index contributed by atoms with van der Waals surface area (Å²) in [5.74, 6) is 1.06. The maximum atomic E-state index is 5.67. The van der Waals surface area contributed by atoms with E-state index in [-0.39, 0.29) is 12.2 Å². The summed E-state index contributed by atoms with van der Waals surface area (Å²) in [6, 6.07) is 4.63. The third-order valence-electron chi connectivity index (χ3n) is 4.97. The minimum atomic E-state index is 0.0396. The van der Waals surface area contributed by atoms with Crippen molar-refractivity contribution in [2.75, 3.05) is 16.6 Å². The molecule has 1 aliphatic carbocycles. The predicted octanol–water partition coefficient (Wildman–Crippen LogP) is 2.41. The third kappa shape index (κ3) is 1.53. The summed E-state index contributed by atoms with van der Waals surface area (Å²) >= 11 is 0. The molecular weight excluding hydrogens is 278 g/mol. The molecule has 0 N–H and O–H groups in total. The van der Waals surface area contributed by atoms with Crippen LogP contribution in [0.15, 0.2) is 41.8 Å². The number of rotatable bonds is 1. The Hall–Kier alpha value is -1.85. The Morgan fingerprint density at radius 2 is 2.05 bits per heavy atom. The second-order valence-electron chi connectivity index (χ2n) is 6.53. The first kappa shape index (κ1) is 12.7. The lowest BCUT2D eigenvalue weighted by Gasteiger charge is -2.30. The zero-order valence-electron chi connectivity index (χ0n) is 12.8. The molecular formula is C17H19N3O2. The average Bonchev–Trinajstić information content (AvgIpc) is 3.15. The van der Waals surface area contributed by atoms with Crippen LogP contribution in [-0.4, -0.2) is 36.2 Å². The second-order valence-corrected chi connectivity index (χ2v) is 6.53. The number of ether oxygens (including phenoxy) is 2. The van der Waals surface area contributed by atoms with Crippen LogP contribution in [0.25, 0.3) is 0 Å². The van der Waals surface area contributed by atoms with Crippen molar-refractivity contribution in [3.05, 3.63) is 41.8 Å². The molecule has 0 aromatic carbocycles. The van der Waals surface area contributed by atoms with E-state index in [0.717, 1.165) is 12.2 Å². The van der Waals surface area contributed by atoms with Crippen LogP contribution in [0.3, 0.4) is 0 Å². The van der Waals surface area contributed by atoms with Gasteiger partial charge in [0.2, 0.25) is 0 Å². The van der Waals surface area contributed by atoms with Crippen LogP contribution in [0.2, 0.25) is 0 Å². The Kier molecular flexibility index (Phi) is 2.50. The number of fused-ring (bicyclic) bond motifs is 6. The van der Waals surface area contributed by atoms with Crippen LogP contribution in [0.1, 0.15) is 20.3 Å². The summed E-state index contributed by atoms with van der Waals surface area (Å²) in [5.41, 5.74) is 3.84. The highest BCUT2D eigenvalue weighted by Crippen LogP contribution is 2.50. The average molecular weight is 297 g/mol. The van der Waals surface area contributed by atoms with Gasteiger partial charge in [-0.15, -0.1) is 0 Å². The highest BCUT2D eigenvalue weighted by Gasteiger charge is 2.48. The van der Waals surface area contributed by atoms with E-state index < -0.39 is 0 Å². The number of hydrogen-bond acceptors (Lipinski definition) is 5. The molecule has 0 bridgehead atoms. The quantitative estimate of drug-likeness (QED) is 0.796. The molecule has 0 radical (unpaired) electrons. The van der Waals surface area contributed by atoms with Crippen molar-refractivity contribution in [2.45, 2.75) is 44.7 Å². The molecule has 22 heavy (non-hydrogen) atoms. The van der Waals surface area contributed by atoms with Gasteiger partial charge in [0.05, 0.1) is 5.69 Å². The SMILES string of the molecule is CC(C)N1c2cccnc2N2C3=CC4OCOC4C=C3CC21. The van der Waals surface area contributed by atoms with E-state index in [1.54, 1.807) is 0 Å². The number of allylic oxidation sites excluding steroid dienone is 1. The number of hydrogen-bond donors (Lipinski definition) is 0. The fourth-order valence-electron chi connectivity index (χ4n) is 4.11. The van der Waals surface area contributed by atoms with Gasteiger partial charge in [-0.2, -0.15) is 0 Å². The Morgan fingerprint density at radius 3 is 2.86 bits per heavy atom. The number of pyridine rings is 1. The van der Waals surface area contributed by atoms with Crippen molar-refractivity contribution < 1.29 is 9.47 Å². The van der Waals surface area contributed by atoms with Gasteiger partial charge in [-0.1, -0.05) is 0 Å². The Bertz CT molecular complexity index is 697. The largest absolute Gasteiger partial charge is 0.345 e. The lowest BCUT2D eigenvalue weighted by Crippen LogP contribution is -2.42. The monoisotopic (exact) mass is 297 g/mol. The van der Waals surface area contributed by atoms with Gasteiger partial charge >= 0.3 is 0 Å². The van der Waals surface area contributed by atoms with Gasteiger partial charge in [0.15, 0.2) is 5.82 Å². The van der Waals surface area contributed by atoms with Crippen LogP contribution in [0.5, 0.6) is 0 Å². The van der Waals surface area contributed by atoms with Crippen molar-refractivity contribution in [3.63, 3.8) is 0 Å². The molecule has 5 heteroatoms. The van der Waals surface area contributed by atoms with Crippen molar-refractivity contribution in [1.29, 1.82) is 0 Å². The summed E-state index contributed by atoms with van der Waals surface area (Å²) in [7, 11) is 0. The van der Waals surface area contributed by atoms with E-state index in [2.05, 4.69) is 46.8 Å². The fourth-order valence-corrected chi connectivity index (χ4v) is 4.11. The van der Waals surface area contributed by atoms with Gasteiger partial charge in [0.1, 0.15) is 25.2 Å². The second kappa shape index (κ2) is 4.33. The van der Waals surface area contributed by atoms with E-state index >= 15 is 0 Å². The summed E-state index contributed by atoms with van der Waals surface area (Å²) in [4.78, 5) is 9.50. The van der Waals surface area contributed by atoms with Crippen molar-refractivity contribution >= 4 is 11.5 Å². The van der Waals surface area contributed by atoms with E-state index in [1.807, 2.05) is 12.3 Å². The fraction of sp³-hybridized carbons (Fsp3) is 0.471. The lowest BCUT2D eigenvalue weighted by atomic mass is 9.98. The smallest absolute Gasteiger partial charge is 0.158 e. The minimum Gasteiger partial charge on any atom is -0.345 e. The van der Waals surface area contributed by atoms with Gasteiger partial charge < -0.3 is 19.3 Å². The molecule has 0 saturated carbocycles. The standard InChI is InChI=1S/C17H19N3O2/c1-10(2)19-12-4-3-5-18-17(12)20-13-8-15-14(21-9-22-15)6-11(13)7-16(19)20/h3-6,8,10,14-16H,7,9H2,1-2H3. The van der Waals surface area contributed by atoms with E-state index in [9.17, 15) is 0 Å². The maximum absolute atomic E-state index is 5.67. The third-order valence-corrected chi connectivity index (χ3v) is 4.97. The first-order valence-corrected chi connectivity index (χ1v) is 7.93. The topological polar surface area (TPSA) is 37.8 Å². The van der Waals surface area contributed by atoms with Crippen LogP contribution in [-0.2, 0) is 9.47 Å². The van der Waals surface area contributed by atoms with Crippen molar-refractivity contribution in [1.82, 2.24) is 4.98 Å². The van der Waals surface area contributed by atoms with Crippen LogP contribution in [0.4, 0.5) is 11.5 Å². The molecule has 2 saturated heterocycles. The molecule has 4 heterocycles. The zero-order valence-corrected chi connectivity index (χ0v) is 12.8. The van der Waals surface area contributed by atoms with E-state index in [0.29, 0.717) is 19.0 Å². The molecule has 1 aromatic rings. The van der Waals surface area contributed by atoms with E-state index in [4.69, 9.17) is 9.47 Å². The number of anilines is 2. The normalized spacial score (nSPS) is 31.7. The first-order chi connectivity index (χ1) is 10.7. The van der Waals surface area contributed by atoms with Crippen LogP contribution >= 0.6 is 0 Å². The maximum Gasteiger partial charge on any atom is 0.158 e. The molecule has 2 fully saturated rings. The molecule has 0 amide bonds. The highest BCUT2D eigenvalue weighted by molar-refractivity contribution is 5.80. The van der Waals surface area contributed by atoms with Crippen LogP contribution < -0.4 is 9.80 Å². The molecule has 3 atom stereocenters. The Labute approximate surface area is 129 Å². The molecule has 5 rings (SSSR count). The molecule has 0 spiro atoms. The summed E-state index contributed by atoms with van der Waals surface area (Å²) < 4.78 is 11.3. The summed E-state index contributed by atoms with van der Waals surface area (Å²) in [6.45, 7) is 4.87. The number of nitrogens with zero attached hydrogens (tertiary/aromatic N) is 3. The predicted molar refractivity (Wildman–Crippen MR) is 83.5 cm³/mol. The molecule has 5 nitrogen and oxygen atoms in total. The van der Waals surface area contributed by atoms with E-state index in [1.165, 1.54) is 17.0 Å². The van der Waals surface area contributed by atoms with Gasteiger partial charge in [0, 0.05) is 24.4 Å². The Balaban J connectivity index is 1.64. The van der Waals surface area contributed by atoms with Crippen LogP contribution in [0, 0.1) is 0 Å². The summed E-state index contributed by atoms with van der Waals surface area (Å²) in [5, 5.41) is 0. The van der Waals surface area contributed by atoms with Gasteiger partial charge in [0.25, 0.3) is 0 Å². The van der Waals surface area contributed by atoms with Gasteiger partial charge in [-0.25, -0.2) is 4.98 Å². The first-order valence-electron chi connectivity index (χ1n) is 7.93.